The highest BCUT2D eigenvalue weighted by Crippen LogP contribution is 2.48. The van der Waals surface area contributed by atoms with Gasteiger partial charge in [-0.05, 0) is 64.4 Å². The third-order valence-corrected chi connectivity index (χ3v) is 13.8. The first-order chi connectivity index (χ1) is 33.4. The molecule has 384 valence electrons. The maximum absolute atomic E-state index is 12.8. The predicted molar refractivity (Wildman–Crippen MR) is 259 cm³/mol. The summed E-state index contributed by atoms with van der Waals surface area (Å²) in [5.74, 6) is 13.2. The number of unbranched alkanes of at least 4 members (excludes halogenated alkanes) is 2. The molecule has 0 amide bonds. The van der Waals surface area contributed by atoms with Gasteiger partial charge in [0, 0.05) is 70.2 Å². The number of carbonyl (C=O) groups is 1. The van der Waals surface area contributed by atoms with Gasteiger partial charge in [-0.2, -0.15) is 10.2 Å². The van der Waals surface area contributed by atoms with Gasteiger partial charge in [-0.25, -0.2) is 14.3 Å². The van der Waals surface area contributed by atoms with Crippen LogP contribution in [0.3, 0.4) is 0 Å². The van der Waals surface area contributed by atoms with Gasteiger partial charge in [0.15, 0.2) is 11.6 Å². The molecule has 70 heavy (non-hydrogen) atoms. The van der Waals surface area contributed by atoms with Crippen molar-refractivity contribution in [3.05, 3.63) is 76.9 Å². The van der Waals surface area contributed by atoms with E-state index < -0.39 is 41.3 Å². The Morgan fingerprint density at radius 2 is 1.13 bits per heavy atom. The standard InChI is InChI=1S/C45H64N7O15P3/c1-7-49(33-68(55,56)65-8-2)31-39-19-21-51(47-39)43-27-36(28-44(46-43)52-22-20-40(48-52)32-50(34-69(57,58)66-9-3)35-70(59,60)67-10-4)17-18-38-30-41(63-25-23-61-5)37(29-42(38)64-26-24-62-6)15-13-11-12-14-16-45(53)54/h19-22,27-30H,7-12,14,16,23-26,31-35H2,1-6H3,(H,53,54)(H,55,56)(H,57,58)(H,59,60). The molecule has 0 saturated carbocycles. The molecule has 0 aliphatic rings. The molecule has 0 aliphatic heterocycles. The van der Waals surface area contributed by atoms with Crippen molar-refractivity contribution in [3.8, 4) is 46.8 Å². The predicted octanol–water partition coefficient (Wildman–Crippen LogP) is 6.06. The van der Waals surface area contributed by atoms with Crippen molar-refractivity contribution < 1.29 is 70.8 Å². The minimum Gasteiger partial charge on any atom is -0.490 e. The van der Waals surface area contributed by atoms with Crippen LogP contribution in [0, 0.1) is 23.7 Å². The second kappa shape index (κ2) is 29.0. The molecule has 3 heterocycles. The first-order valence-corrected chi connectivity index (χ1v) is 27.8. The van der Waals surface area contributed by atoms with Crippen LogP contribution >= 0.6 is 22.8 Å². The van der Waals surface area contributed by atoms with Crippen LogP contribution < -0.4 is 9.47 Å². The van der Waals surface area contributed by atoms with Crippen LogP contribution in [0.1, 0.15) is 81.5 Å². The van der Waals surface area contributed by atoms with Gasteiger partial charge in [0.25, 0.3) is 0 Å². The normalized spacial score (nSPS) is 14.0. The van der Waals surface area contributed by atoms with E-state index in [1.54, 1.807) is 88.7 Å². The number of benzene rings is 1. The number of methoxy groups -OCH3 is 2. The SMILES string of the molecule is CCOP(=O)(O)CN(CC)Cc1ccn(-c2cc(C#Cc3cc(OCCOC)c(C#CCCCCC(=O)O)cc3OCCOC)cc(-n3ccc(CN(CP(=O)(O)OCC)CP(=O)(O)OCC)n3)n2)n1. The number of rotatable bonds is 31. The molecular formula is C45H64N7O15P3. The van der Waals surface area contributed by atoms with E-state index in [2.05, 4.69) is 28.8 Å². The highest BCUT2D eigenvalue weighted by atomic mass is 31.2. The molecule has 3 unspecified atom stereocenters. The maximum Gasteiger partial charge on any atom is 0.342 e. The third-order valence-electron chi connectivity index (χ3n) is 9.58. The van der Waals surface area contributed by atoms with E-state index in [1.165, 1.54) is 14.3 Å². The van der Waals surface area contributed by atoms with Gasteiger partial charge >= 0.3 is 28.8 Å². The molecule has 0 spiro atoms. The van der Waals surface area contributed by atoms with Crippen molar-refractivity contribution >= 4 is 28.8 Å². The first kappa shape index (κ1) is 57.8. The molecule has 22 nitrogen and oxygen atoms in total. The lowest BCUT2D eigenvalue weighted by atomic mass is 10.1. The quantitative estimate of drug-likeness (QED) is 0.0253. The van der Waals surface area contributed by atoms with Crippen molar-refractivity contribution in [1.82, 2.24) is 34.3 Å². The Hall–Kier alpha value is -4.73. The zero-order chi connectivity index (χ0) is 51.2. The van der Waals surface area contributed by atoms with Gasteiger partial charge in [0.2, 0.25) is 0 Å². The van der Waals surface area contributed by atoms with Crippen molar-refractivity contribution in [3.63, 3.8) is 0 Å². The molecule has 0 radical (unpaired) electrons. The largest absolute Gasteiger partial charge is 0.490 e. The summed E-state index contributed by atoms with van der Waals surface area (Å²) < 4.78 is 79.2. The zero-order valence-corrected chi connectivity index (χ0v) is 43.1. The van der Waals surface area contributed by atoms with Crippen molar-refractivity contribution in [2.24, 2.45) is 0 Å². The average Bonchev–Trinajstić information content (AvgIpc) is 3.97. The number of carboxylic acids is 1. The minimum absolute atomic E-state index is 0.0523. The van der Waals surface area contributed by atoms with Crippen molar-refractivity contribution in [1.29, 1.82) is 0 Å². The Balaban J connectivity index is 1.82. The van der Waals surface area contributed by atoms with Crippen LogP contribution in [0.15, 0.2) is 48.8 Å². The first-order valence-electron chi connectivity index (χ1n) is 22.5. The topological polar surface area (TPSA) is 269 Å². The molecule has 25 heteroatoms. The van der Waals surface area contributed by atoms with Crippen molar-refractivity contribution in [2.75, 3.05) is 85.9 Å². The molecule has 0 fully saturated rings. The number of aliphatic carboxylic acids is 1. The Kier molecular flexibility index (Phi) is 23.9. The third kappa shape index (κ3) is 20.2. The molecular weight excluding hydrogens is 971 g/mol. The fourth-order valence-electron chi connectivity index (χ4n) is 6.56. The lowest BCUT2D eigenvalue weighted by molar-refractivity contribution is -0.137. The summed E-state index contributed by atoms with van der Waals surface area (Å²) >= 11 is 0. The van der Waals surface area contributed by atoms with E-state index in [1.807, 2.05) is 6.92 Å². The zero-order valence-electron chi connectivity index (χ0n) is 40.4. The minimum atomic E-state index is -4.20. The highest BCUT2D eigenvalue weighted by Gasteiger charge is 2.30. The lowest BCUT2D eigenvalue weighted by Gasteiger charge is -2.25. The van der Waals surface area contributed by atoms with Gasteiger partial charge in [-0.15, -0.1) is 0 Å². The molecule has 0 aliphatic carbocycles. The molecule has 4 aromatic rings. The van der Waals surface area contributed by atoms with E-state index in [9.17, 15) is 33.2 Å². The Bertz CT molecular complexity index is 2560. The van der Waals surface area contributed by atoms with Crippen LogP contribution in [-0.2, 0) is 54.6 Å². The van der Waals surface area contributed by atoms with Gasteiger partial charge in [-0.1, -0.05) is 30.6 Å². The summed E-state index contributed by atoms with van der Waals surface area (Å²) in [4.78, 5) is 50.1. The van der Waals surface area contributed by atoms with Gasteiger partial charge in [-0.3, -0.25) is 28.3 Å². The molecule has 4 N–H and O–H groups in total. The van der Waals surface area contributed by atoms with E-state index >= 15 is 0 Å². The highest BCUT2D eigenvalue weighted by molar-refractivity contribution is 7.53. The molecule has 3 atom stereocenters. The summed E-state index contributed by atoms with van der Waals surface area (Å²) in [5, 5.41) is 18.4. The van der Waals surface area contributed by atoms with Crippen LogP contribution in [0.25, 0.3) is 11.6 Å². The van der Waals surface area contributed by atoms with E-state index in [-0.39, 0.29) is 71.3 Å². The van der Waals surface area contributed by atoms with Gasteiger partial charge < -0.3 is 52.3 Å². The number of ether oxygens (including phenoxy) is 4. The van der Waals surface area contributed by atoms with E-state index in [0.29, 0.717) is 77.8 Å². The number of hydrogen-bond acceptors (Lipinski definition) is 16. The van der Waals surface area contributed by atoms with Crippen LogP contribution in [0.4, 0.5) is 0 Å². The lowest BCUT2D eigenvalue weighted by Crippen LogP contribution is -2.27. The van der Waals surface area contributed by atoms with Crippen molar-refractivity contribution in [2.45, 2.75) is 66.5 Å². The van der Waals surface area contributed by atoms with Crippen LogP contribution in [0.5, 0.6) is 11.5 Å². The Morgan fingerprint density at radius 1 is 0.657 bits per heavy atom. The second-order valence-corrected chi connectivity index (χ2v) is 20.8. The molecule has 0 saturated heterocycles. The number of nitrogens with zero attached hydrogens (tertiary/aromatic N) is 7. The number of hydrogen-bond donors (Lipinski definition) is 4. The number of pyridine rings is 1. The van der Waals surface area contributed by atoms with Gasteiger partial charge in [0.05, 0.1) is 55.5 Å². The van der Waals surface area contributed by atoms with Gasteiger partial charge in [0.1, 0.15) is 43.6 Å². The number of carboxylic acid groups (broad SMARTS) is 1. The fourth-order valence-corrected chi connectivity index (χ4v) is 10.4. The second-order valence-electron chi connectivity index (χ2n) is 15.3. The molecule has 1 aromatic carbocycles. The smallest absolute Gasteiger partial charge is 0.342 e. The number of aromatic nitrogens is 5. The Morgan fingerprint density at radius 3 is 1.59 bits per heavy atom. The average molecular weight is 1040 g/mol. The van der Waals surface area contributed by atoms with E-state index in [0.717, 1.165) is 0 Å². The van der Waals surface area contributed by atoms with Crippen LogP contribution in [0.2, 0.25) is 0 Å². The summed E-state index contributed by atoms with van der Waals surface area (Å²) in [6.07, 6.45) is 3.59. The summed E-state index contributed by atoms with van der Waals surface area (Å²) in [5.41, 5.74) is 2.36. The molecule has 3 aromatic heterocycles. The summed E-state index contributed by atoms with van der Waals surface area (Å²) in [6.45, 7) is 8.14. The molecule has 0 bridgehead atoms. The summed E-state index contributed by atoms with van der Waals surface area (Å²) in [7, 11) is -9.17. The Labute approximate surface area is 408 Å². The maximum atomic E-state index is 12.8. The van der Waals surface area contributed by atoms with Crippen LogP contribution in [-0.4, -0.2) is 146 Å². The summed E-state index contributed by atoms with van der Waals surface area (Å²) in [6, 6.07) is 10.2. The monoisotopic (exact) mass is 1040 g/mol. The molecule has 4 rings (SSSR count). The van der Waals surface area contributed by atoms with E-state index in [4.69, 9.17) is 47.7 Å². The fraction of sp³-hybridized carbons (Fsp3) is 0.511.